The van der Waals surface area contributed by atoms with Gasteiger partial charge in [-0.2, -0.15) is 13.2 Å². The van der Waals surface area contributed by atoms with Crippen molar-refractivity contribution >= 4 is 16.7 Å². The monoisotopic (exact) mass is 493 g/mol. The Balaban J connectivity index is 1.73. The Labute approximate surface area is 209 Å². The first kappa shape index (κ1) is 25.6. The van der Waals surface area contributed by atoms with Crippen LogP contribution in [-0.4, -0.2) is 39.0 Å². The highest BCUT2D eigenvalue weighted by atomic mass is 19.4. The van der Waals surface area contributed by atoms with Crippen molar-refractivity contribution in [1.29, 1.82) is 0 Å². The Morgan fingerprint density at radius 1 is 0.972 bits per heavy atom. The maximum atomic E-state index is 13.6. The number of anilines is 1. The molecule has 0 amide bonds. The lowest BCUT2D eigenvalue weighted by molar-refractivity contribution is -0.137. The Kier molecular flexibility index (Phi) is 7.84. The number of halogens is 3. The van der Waals surface area contributed by atoms with Crippen LogP contribution in [0, 0.1) is 0 Å². The molecule has 0 saturated heterocycles. The summed E-state index contributed by atoms with van der Waals surface area (Å²) < 4.78 is 40.9. The van der Waals surface area contributed by atoms with Crippen LogP contribution in [-0.2, 0) is 19.1 Å². The number of hydrogen-bond donors (Lipinski definition) is 1. The zero-order valence-electron chi connectivity index (χ0n) is 20.7. The number of benzene rings is 2. The average molecular weight is 494 g/mol. The average Bonchev–Trinajstić information content (AvgIpc) is 2.87. The summed E-state index contributed by atoms with van der Waals surface area (Å²) in [5.41, 5.74) is 1.28. The normalized spacial score (nSPS) is 12.0. The van der Waals surface area contributed by atoms with Gasteiger partial charge < -0.3 is 5.32 Å². The van der Waals surface area contributed by atoms with Gasteiger partial charge in [0.1, 0.15) is 11.6 Å². The predicted octanol–water partition coefficient (Wildman–Crippen LogP) is 6.60. The molecule has 0 aliphatic carbocycles. The summed E-state index contributed by atoms with van der Waals surface area (Å²) in [7, 11) is 0. The van der Waals surface area contributed by atoms with E-state index in [1.165, 1.54) is 17.8 Å². The van der Waals surface area contributed by atoms with Gasteiger partial charge in [-0.15, -0.1) is 0 Å². The van der Waals surface area contributed by atoms with E-state index < -0.39 is 11.7 Å². The van der Waals surface area contributed by atoms with Crippen molar-refractivity contribution in [2.24, 2.45) is 0 Å². The topological polar surface area (TPSA) is 53.9 Å². The third-order valence-corrected chi connectivity index (χ3v) is 6.16. The lowest BCUT2D eigenvalue weighted by Gasteiger charge is -2.24. The Hall–Kier alpha value is -3.52. The molecule has 0 aliphatic heterocycles. The Morgan fingerprint density at radius 3 is 2.44 bits per heavy atom. The van der Waals surface area contributed by atoms with Gasteiger partial charge in [0.25, 0.3) is 0 Å². The number of aromatic nitrogens is 3. The van der Waals surface area contributed by atoms with Crippen LogP contribution < -0.4 is 5.32 Å². The molecule has 0 unspecified atom stereocenters. The van der Waals surface area contributed by atoms with Crippen LogP contribution in [0.25, 0.3) is 22.2 Å². The number of nitrogens with zero attached hydrogens (tertiary/aromatic N) is 4. The third-order valence-electron chi connectivity index (χ3n) is 6.16. The minimum Gasteiger partial charge on any atom is -0.369 e. The van der Waals surface area contributed by atoms with E-state index in [0.717, 1.165) is 24.4 Å². The van der Waals surface area contributed by atoms with Gasteiger partial charge in [0.15, 0.2) is 0 Å². The van der Waals surface area contributed by atoms with Crippen molar-refractivity contribution in [3.63, 3.8) is 0 Å². The van der Waals surface area contributed by atoms with Crippen LogP contribution in [0.5, 0.6) is 0 Å². The van der Waals surface area contributed by atoms with Crippen LogP contribution in [0.15, 0.2) is 66.9 Å². The maximum Gasteiger partial charge on any atom is 0.418 e. The molecule has 0 spiro atoms. The fraction of sp³-hybridized carbons (Fsp3) is 0.321. The second-order valence-electron chi connectivity index (χ2n) is 8.94. The van der Waals surface area contributed by atoms with Crippen molar-refractivity contribution < 1.29 is 13.2 Å². The SMILES string of the molecule is CCN(Cc1nc(NCCc2ccccc2)c2ccc(-c3ncccc3C(F)(F)F)cc2n1)C(C)C. The molecule has 2 aromatic carbocycles. The molecule has 0 bridgehead atoms. The molecule has 0 radical (unpaired) electrons. The van der Waals surface area contributed by atoms with Gasteiger partial charge in [0, 0.05) is 29.7 Å². The van der Waals surface area contributed by atoms with E-state index in [0.29, 0.717) is 41.9 Å². The summed E-state index contributed by atoms with van der Waals surface area (Å²) in [6.07, 6.45) is -2.31. The minimum absolute atomic E-state index is 0.108. The molecular weight excluding hydrogens is 463 g/mol. The van der Waals surface area contributed by atoms with Gasteiger partial charge in [-0.05, 0) is 56.6 Å². The van der Waals surface area contributed by atoms with Crippen LogP contribution >= 0.6 is 0 Å². The molecule has 0 aliphatic rings. The predicted molar refractivity (Wildman–Crippen MR) is 138 cm³/mol. The van der Waals surface area contributed by atoms with Gasteiger partial charge in [0.05, 0.1) is 23.3 Å². The first-order chi connectivity index (χ1) is 17.3. The van der Waals surface area contributed by atoms with E-state index >= 15 is 0 Å². The largest absolute Gasteiger partial charge is 0.418 e. The number of fused-ring (bicyclic) bond motifs is 1. The van der Waals surface area contributed by atoms with E-state index in [1.54, 1.807) is 18.2 Å². The fourth-order valence-corrected chi connectivity index (χ4v) is 4.21. The first-order valence-electron chi connectivity index (χ1n) is 12.1. The second-order valence-corrected chi connectivity index (χ2v) is 8.94. The maximum absolute atomic E-state index is 13.6. The lowest BCUT2D eigenvalue weighted by atomic mass is 10.0. The van der Waals surface area contributed by atoms with Crippen molar-refractivity contribution in [2.75, 3.05) is 18.4 Å². The number of nitrogens with one attached hydrogen (secondary N) is 1. The zero-order valence-corrected chi connectivity index (χ0v) is 20.7. The number of hydrogen-bond acceptors (Lipinski definition) is 5. The quantitative estimate of drug-likeness (QED) is 0.285. The molecule has 2 aromatic heterocycles. The van der Waals surface area contributed by atoms with Gasteiger partial charge in [0.2, 0.25) is 0 Å². The molecule has 0 saturated carbocycles. The molecule has 1 N–H and O–H groups in total. The summed E-state index contributed by atoms with van der Waals surface area (Å²) in [4.78, 5) is 15.8. The number of pyridine rings is 1. The van der Waals surface area contributed by atoms with E-state index in [9.17, 15) is 13.2 Å². The van der Waals surface area contributed by atoms with E-state index in [-0.39, 0.29) is 5.69 Å². The van der Waals surface area contributed by atoms with Crippen LogP contribution in [0.3, 0.4) is 0 Å². The molecule has 36 heavy (non-hydrogen) atoms. The highest BCUT2D eigenvalue weighted by molar-refractivity contribution is 5.92. The van der Waals surface area contributed by atoms with Crippen molar-refractivity contribution in [3.8, 4) is 11.3 Å². The molecule has 188 valence electrons. The van der Waals surface area contributed by atoms with E-state index in [1.807, 2.05) is 18.2 Å². The Bertz CT molecular complexity index is 1310. The van der Waals surface area contributed by atoms with Crippen LogP contribution in [0.2, 0.25) is 0 Å². The summed E-state index contributed by atoms with van der Waals surface area (Å²) in [5.74, 6) is 1.30. The lowest BCUT2D eigenvalue weighted by Crippen LogP contribution is -2.30. The summed E-state index contributed by atoms with van der Waals surface area (Å²) in [6.45, 7) is 8.34. The molecule has 0 atom stereocenters. The third kappa shape index (κ3) is 5.99. The molecule has 5 nitrogen and oxygen atoms in total. The Morgan fingerprint density at radius 2 is 1.75 bits per heavy atom. The summed E-state index contributed by atoms with van der Waals surface area (Å²) in [6, 6.07) is 17.9. The number of rotatable bonds is 9. The molecular formula is C28H30F3N5. The smallest absolute Gasteiger partial charge is 0.369 e. The first-order valence-corrected chi connectivity index (χ1v) is 12.1. The van der Waals surface area contributed by atoms with Gasteiger partial charge in [-0.1, -0.05) is 43.3 Å². The van der Waals surface area contributed by atoms with Crippen molar-refractivity contribution in [2.45, 2.75) is 46.0 Å². The highest BCUT2D eigenvalue weighted by Crippen LogP contribution is 2.36. The van der Waals surface area contributed by atoms with Crippen LogP contribution in [0.4, 0.5) is 19.0 Å². The van der Waals surface area contributed by atoms with Gasteiger partial charge in [-0.3, -0.25) is 9.88 Å². The minimum atomic E-state index is -4.50. The van der Waals surface area contributed by atoms with Gasteiger partial charge in [-0.25, -0.2) is 9.97 Å². The highest BCUT2D eigenvalue weighted by Gasteiger charge is 2.34. The van der Waals surface area contributed by atoms with Crippen molar-refractivity contribution in [3.05, 3.63) is 83.8 Å². The standard InChI is InChI=1S/C28H30F3N5/c1-4-36(19(2)3)18-25-34-24-17-21(26-23(28(29,30)31)11-8-15-32-26)12-13-22(24)27(35-25)33-16-14-20-9-6-5-7-10-20/h5-13,15,17,19H,4,14,16,18H2,1-3H3,(H,33,34,35). The fourth-order valence-electron chi connectivity index (χ4n) is 4.21. The molecule has 4 rings (SSSR count). The molecule has 0 fully saturated rings. The van der Waals surface area contributed by atoms with Crippen molar-refractivity contribution in [1.82, 2.24) is 19.9 Å². The molecule has 4 aromatic rings. The molecule has 8 heteroatoms. The zero-order chi connectivity index (χ0) is 25.7. The second kappa shape index (κ2) is 11.0. The summed E-state index contributed by atoms with van der Waals surface area (Å²) >= 11 is 0. The van der Waals surface area contributed by atoms with Gasteiger partial charge >= 0.3 is 6.18 Å². The molecule has 2 heterocycles. The van der Waals surface area contributed by atoms with E-state index in [2.05, 4.69) is 48.1 Å². The number of alkyl halides is 3. The van der Waals surface area contributed by atoms with Crippen LogP contribution in [0.1, 0.15) is 37.7 Å². The summed E-state index contributed by atoms with van der Waals surface area (Å²) in [5, 5.41) is 4.18. The van der Waals surface area contributed by atoms with E-state index in [4.69, 9.17) is 9.97 Å².